The second kappa shape index (κ2) is 5.69. The summed E-state index contributed by atoms with van der Waals surface area (Å²) >= 11 is 6.07. The van der Waals surface area contributed by atoms with Crippen molar-refractivity contribution < 1.29 is 0 Å². The second-order valence-electron chi connectivity index (χ2n) is 4.19. The van der Waals surface area contributed by atoms with Gasteiger partial charge in [0, 0.05) is 24.7 Å². The van der Waals surface area contributed by atoms with Gasteiger partial charge in [0.25, 0.3) is 0 Å². The molecule has 0 unspecified atom stereocenters. The lowest BCUT2D eigenvalue weighted by atomic mass is 10.0. The number of halogens is 1. The third-order valence-electron chi connectivity index (χ3n) is 2.53. The van der Waals surface area contributed by atoms with Crippen molar-refractivity contribution >= 4 is 17.8 Å². The lowest BCUT2D eigenvalue weighted by Gasteiger charge is -2.08. The van der Waals surface area contributed by atoms with Gasteiger partial charge >= 0.3 is 0 Å². The van der Waals surface area contributed by atoms with Crippen molar-refractivity contribution in [3.8, 4) is 11.1 Å². The summed E-state index contributed by atoms with van der Waals surface area (Å²) in [5.74, 6) is 0. The molecule has 2 aromatic rings. The highest BCUT2D eigenvalue weighted by Crippen LogP contribution is 2.25. The van der Waals surface area contributed by atoms with E-state index in [0.717, 1.165) is 21.7 Å². The minimum atomic E-state index is 0.732. The molecule has 0 heterocycles. The van der Waals surface area contributed by atoms with Crippen LogP contribution in [-0.2, 0) is 0 Å². The van der Waals surface area contributed by atoms with Gasteiger partial charge in [-0.1, -0.05) is 48.0 Å². The van der Waals surface area contributed by atoms with Crippen LogP contribution in [0.3, 0.4) is 0 Å². The van der Waals surface area contributed by atoms with E-state index >= 15 is 0 Å². The Morgan fingerprint density at radius 3 is 2.44 bits per heavy atom. The molecule has 0 saturated carbocycles. The first-order chi connectivity index (χ1) is 8.66. The monoisotopic (exact) mass is 258 g/mol. The summed E-state index contributed by atoms with van der Waals surface area (Å²) in [5, 5.41) is 6.78. The third kappa shape index (κ3) is 3.11. The van der Waals surface area contributed by atoms with Gasteiger partial charge in [0.05, 0.1) is 6.21 Å². The van der Waals surface area contributed by atoms with Crippen LogP contribution in [0.1, 0.15) is 5.56 Å². The number of hydrogen-bond acceptors (Lipinski definition) is 2. The lowest BCUT2D eigenvalue weighted by Crippen LogP contribution is -2.02. The first-order valence-corrected chi connectivity index (χ1v) is 6.11. The minimum absolute atomic E-state index is 0.732. The fraction of sp³-hybridized carbons (Fsp3) is 0.133. The second-order valence-corrected chi connectivity index (χ2v) is 4.63. The molecule has 0 amide bonds. The summed E-state index contributed by atoms with van der Waals surface area (Å²) in [7, 11) is 3.79. The normalized spacial score (nSPS) is 10.8. The van der Waals surface area contributed by atoms with E-state index in [2.05, 4.69) is 17.2 Å². The van der Waals surface area contributed by atoms with Crippen LogP contribution in [0.5, 0.6) is 0 Å². The topological polar surface area (TPSA) is 15.6 Å². The fourth-order valence-electron chi connectivity index (χ4n) is 1.69. The molecule has 92 valence electrons. The van der Waals surface area contributed by atoms with Crippen LogP contribution in [0, 0.1) is 0 Å². The van der Waals surface area contributed by atoms with E-state index < -0.39 is 0 Å². The molecule has 2 aromatic carbocycles. The Bertz CT molecular complexity index is 548. The number of rotatable bonds is 3. The number of hydrazone groups is 1. The molecule has 0 saturated heterocycles. The van der Waals surface area contributed by atoms with Gasteiger partial charge in [0.2, 0.25) is 0 Å². The van der Waals surface area contributed by atoms with Crippen LogP contribution in [0.15, 0.2) is 53.6 Å². The predicted octanol–water partition coefficient (Wildman–Crippen LogP) is 3.90. The zero-order valence-electron chi connectivity index (χ0n) is 10.5. The molecule has 0 bridgehead atoms. The Morgan fingerprint density at radius 1 is 1.06 bits per heavy atom. The van der Waals surface area contributed by atoms with Crippen LogP contribution in [0.25, 0.3) is 11.1 Å². The van der Waals surface area contributed by atoms with Gasteiger partial charge in [-0.25, -0.2) is 0 Å². The van der Waals surface area contributed by atoms with Crippen molar-refractivity contribution in [1.29, 1.82) is 0 Å². The molecule has 3 heteroatoms. The highest BCUT2D eigenvalue weighted by molar-refractivity contribution is 6.31. The molecule has 0 aliphatic heterocycles. The quantitative estimate of drug-likeness (QED) is 0.602. The van der Waals surface area contributed by atoms with Gasteiger partial charge in [-0.2, -0.15) is 5.10 Å². The van der Waals surface area contributed by atoms with Crippen LogP contribution in [0.2, 0.25) is 5.02 Å². The van der Waals surface area contributed by atoms with E-state index in [1.807, 2.05) is 56.7 Å². The lowest BCUT2D eigenvalue weighted by molar-refractivity contribution is 0.440. The smallest absolute Gasteiger partial charge is 0.0548 e. The zero-order chi connectivity index (χ0) is 13.0. The summed E-state index contributed by atoms with van der Waals surface area (Å²) in [4.78, 5) is 0. The maximum Gasteiger partial charge on any atom is 0.0548 e. The number of hydrogen-bond donors (Lipinski definition) is 0. The molecule has 0 N–H and O–H groups in total. The molecule has 0 spiro atoms. The van der Waals surface area contributed by atoms with E-state index in [0.29, 0.717) is 0 Å². The standard InChI is InChI=1S/C15H15ClN2/c1-18(2)17-11-13-8-9-14(16)10-15(13)12-6-4-3-5-7-12/h3-11H,1-2H3/b17-11+. The van der Waals surface area contributed by atoms with Gasteiger partial charge in [0.1, 0.15) is 0 Å². The minimum Gasteiger partial charge on any atom is -0.303 e. The fourth-order valence-corrected chi connectivity index (χ4v) is 1.86. The molecule has 0 aliphatic rings. The Kier molecular flexibility index (Phi) is 4.00. The summed E-state index contributed by atoms with van der Waals surface area (Å²) in [5.41, 5.74) is 3.29. The summed E-state index contributed by atoms with van der Waals surface area (Å²) in [6, 6.07) is 16.0. The first-order valence-electron chi connectivity index (χ1n) is 5.73. The van der Waals surface area contributed by atoms with E-state index in [1.54, 1.807) is 5.01 Å². The Morgan fingerprint density at radius 2 is 1.78 bits per heavy atom. The molecule has 0 radical (unpaired) electrons. The Labute approximate surface area is 113 Å². The molecule has 0 aliphatic carbocycles. The molecule has 0 fully saturated rings. The Hall–Kier alpha value is -1.80. The van der Waals surface area contributed by atoms with Crippen LogP contribution >= 0.6 is 11.6 Å². The largest absolute Gasteiger partial charge is 0.303 e. The molecule has 2 nitrogen and oxygen atoms in total. The van der Waals surface area contributed by atoms with Crippen molar-refractivity contribution in [2.75, 3.05) is 14.1 Å². The number of benzene rings is 2. The van der Waals surface area contributed by atoms with Crippen molar-refractivity contribution in [1.82, 2.24) is 5.01 Å². The van der Waals surface area contributed by atoms with Gasteiger partial charge in [-0.05, 0) is 23.3 Å². The molecular weight excluding hydrogens is 244 g/mol. The SMILES string of the molecule is CN(C)/N=C/c1ccc(Cl)cc1-c1ccccc1. The molecule has 0 aromatic heterocycles. The maximum absolute atomic E-state index is 6.07. The molecular formula is C15H15ClN2. The van der Waals surface area contributed by atoms with Gasteiger partial charge < -0.3 is 5.01 Å². The van der Waals surface area contributed by atoms with E-state index in [9.17, 15) is 0 Å². The molecule has 18 heavy (non-hydrogen) atoms. The maximum atomic E-state index is 6.07. The summed E-state index contributed by atoms with van der Waals surface area (Å²) in [6.45, 7) is 0. The Balaban J connectivity index is 2.48. The average molecular weight is 259 g/mol. The summed E-state index contributed by atoms with van der Waals surface area (Å²) in [6.07, 6.45) is 1.85. The van der Waals surface area contributed by atoms with Gasteiger partial charge in [-0.3, -0.25) is 0 Å². The van der Waals surface area contributed by atoms with E-state index in [1.165, 1.54) is 0 Å². The van der Waals surface area contributed by atoms with Crippen LogP contribution in [-0.4, -0.2) is 25.3 Å². The average Bonchev–Trinajstić information content (AvgIpc) is 2.38. The number of nitrogens with zero attached hydrogens (tertiary/aromatic N) is 2. The van der Waals surface area contributed by atoms with Gasteiger partial charge in [-0.15, -0.1) is 0 Å². The molecule has 0 atom stereocenters. The van der Waals surface area contributed by atoms with Crippen molar-refractivity contribution in [3.63, 3.8) is 0 Å². The highest BCUT2D eigenvalue weighted by atomic mass is 35.5. The van der Waals surface area contributed by atoms with Gasteiger partial charge in [0.15, 0.2) is 0 Å². The highest BCUT2D eigenvalue weighted by Gasteiger charge is 2.04. The van der Waals surface area contributed by atoms with E-state index in [-0.39, 0.29) is 0 Å². The zero-order valence-corrected chi connectivity index (χ0v) is 11.2. The van der Waals surface area contributed by atoms with Crippen LogP contribution in [0.4, 0.5) is 0 Å². The third-order valence-corrected chi connectivity index (χ3v) is 2.76. The van der Waals surface area contributed by atoms with E-state index in [4.69, 9.17) is 11.6 Å². The van der Waals surface area contributed by atoms with Crippen LogP contribution < -0.4 is 0 Å². The molecule has 2 rings (SSSR count). The van der Waals surface area contributed by atoms with Crippen molar-refractivity contribution in [3.05, 3.63) is 59.1 Å². The van der Waals surface area contributed by atoms with Crippen molar-refractivity contribution in [2.45, 2.75) is 0 Å². The summed E-state index contributed by atoms with van der Waals surface area (Å²) < 4.78 is 0. The first kappa shape index (κ1) is 12.7. The van der Waals surface area contributed by atoms with Crippen molar-refractivity contribution in [2.24, 2.45) is 5.10 Å². The predicted molar refractivity (Wildman–Crippen MR) is 78.2 cm³/mol.